The van der Waals surface area contributed by atoms with Crippen LogP contribution >= 0.6 is 15.9 Å². The molecule has 0 saturated carbocycles. The van der Waals surface area contributed by atoms with E-state index in [1.54, 1.807) is 12.1 Å². The van der Waals surface area contributed by atoms with Gasteiger partial charge in [-0.15, -0.1) is 0 Å². The van der Waals surface area contributed by atoms with E-state index in [0.29, 0.717) is 11.4 Å². The lowest BCUT2D eigenvalue weighted by Gasteiger charge is -2.16. The monoisotopic (exact) mass is 387 g/mol. The fourth-order valence-corrected chi connectivity index (χ4v) is 2.99. The van der Waals surface area contributed by atoms with Gasteiger partial charge in [0.25, 0.3) is 0 Å². The Hall–Kier alpha value is -2.34. The Morgan fingerprint density at radius 1 is 1.08 bits per heavy atom. The molecular formula is C18H18BrN3O2. The van der Waals surface area contributed by atoms with E-state index in [0.717, 1.165) is 21.3 Å². The van der Waals surface area contributed by atoms with Gasteiger partial charge in [0.2, 0.25) is 5.91 Å². The summed E-state index contributed by atoms with van der Waals surface area (Å²) >= 11 is 3.44. The molecule has 3 N–H and O–H groups in total. The number of hydrogen-bond acceptors (Lipinski definition) is 2. The van der Waals surface area contributed by atoms with Gasteiger partial charge in [-0.3, -0.25) is 4.79 Å². The summed E-state index contributed by atoms with van der Waals surface area (Å²) in [6.45, 7) is 5.71. The Bertz CT molecular complexity index is 846. The minimum atomic E-state index is -0.606. The Morgan fingerprint density at radius 3 is 2.38 bits per heavy atom. The van der Waals surface area contributed by atoms with Crippen LogP contribution in [0.4, 0.5) is 21.9 Å². The summed E-state index contributed by atoms with van der Waals surface area (Å²) in [4.78, 5) is 24.2. The second-order valence-corrected chi connectivity index (χ2v) is 7.24. The number of halogens is 1. The average Bonchev–Trinajstić information content (AvgIpc) is 2.73. The fourth-order valence-electron chi connectivity index (χ4n) is 2.61. The van der Waals surface area contributed by atoms with E-state index in [9.17, 15) is 9.59 Å². The Morgan fingerprint density at radius 2 is 1.71 bits per heavy atom. The van der Waals surface area contributed by atoms with Crippen molar-refractivity contribution in [3.05, 3.63) is 52.0 Å². The minimum absolute atomic E-state index is 0.0383. The van der Waals surface area contributed by atoms with E-state index in [1.165, 1.54) is 0 Å². The molecule has 3 amide bonds. The highest BCUT2D eigenvalue weighted by Crippen LogP contribution is 2.38. The molecule has 2 aromatic rings. The zero-order chi connectivity index (χ0) is 17.5. The number of carbonyl (C=O) groups is 2. The second-order valence-electron chi connectivity index (χ2n) is 6.38. The van der Waals surface area contributed by atoms with Crippen LogP contribution in [0.15, 0.2) is 40.9 Å². The average molecular weight is 388 g/mol. The highest BCUT2D eigenvalue weighted by Gasteiger charge is 2.38. The summed E-state index contributed by atoms with van der Waals surface area (Å²) in [6.07, 6.45) is 0. The summed E-state index contributed by atoms with van der Waals surface area (Å²) < 4.78 is 0.934. The molecule has 0 fully saturated rings. The lowest BCUT2D eigenvalue weighted by atomic mass is 9.86. The van der Waals surface area contributed by atoms with Crippen LogP contribution in [0.3, 0.4) is 0 Å². The molecule has 6 heteroatoms. The number of aryl methyl sites for hydroxylation is 1. The molecule has 0 aliphatic carbocycles. The number of hydrogen-bond donors (Lipinski definition) is 3. The molecular weight excluding hydrogens is 370 g/mol. The van der Waals surface area contributed by atoms with Crippen LogP contribution in [0, 0.1) is 6.92 Å². The van der Waals surface area contributed by atoms with Crippen molar-refractivity contribution in [1.82, 2.24) is 0 Å². The number of nitrogens with one attached hydrogen (secondary N) is 3. The van der Waals surface area contributed by atoms with Gasteiger partial charge in [0, 0.05) is 21.5 Å². The minimum Gasteiger partial charge on any atom is -0.325 e. The maximum atomic E-state index is 12.2. The molecule has 0 radical (unpaired) electrons. The maximum Gasteiger partial charge on any atom is 0.323 e. The number of urea groups is 1. The van der Waals surface area contributed by atoms with Crippen LogP contribution in [-0.4, -0.2) is 11.9 Å². The van der Waals surface area contributed by atoms with Crippen LogP contribution in [0.2, 0.25) is 0 Å². The van der Waals surface area contributed by atoms with Crippen molar-refractivity contribution in [3.8, 4) is 0 Å². The van der Waals surface area contributed by atoms with Crippen molar-refractivity contribution >= 4 is 44.9 Å². The third kappa shape index (κ3) is 3.01. The van der Waals surface area contributed by atoms with E-state index in [-0.39, 0.29) is 11.9 Å². The van der Waals surface area contributed by atoms with Crippen molar-refractivity contribution in [2.24, 2.45) is 0 Å². The quantitative estimate of drug-likeness (QED) is 0.702. The lowest BCUT2D eigenvalue weighted by Crippen LogP contribution is -2.27. The molecule has 3 rings (SSSR count). The third-order valence-corrected chi connectivity index (χ3v) is 5.05. The molecule has 1 aliphatic rings. The van der Waals surface area contributed by atoms with Gasteiger partial charge in [0.1, 0.15) is 0 Å². The van der Waals surface area contributed by atoms with Crippen LogP contribution in [0.1, 0.15) is 25.0 Å². The predicted octanol–water partition coefficient (Wildman–Crippen LogP) is 4.63. The fraction of sp³-hybridized carbons (Fsp3) is 0.222. The highest BCUT2D eigenvalue weighted by molar-refractivity contribution is 9.10. The van der Waals surface area contributed by atoms with E-state index in [1.807, 2.05) is 45.0 Å². The summed E-state index contributed by atoms with van der Waals surface area (Å²) in [5.41, 5.74) is 3.50. The maximum absolute atomic E-state index is 12.2. The van der Waals surface area contributed by atoms with Crippen molar-refractivity contribution in [2.45, 2.75) is 26.2 Å². The Kier molecular flexibility index (Phi) is 4.09. The smallest absolute Gasteiger partial charge is 0.323 e. The van der Waals surface area contributed by atoms with E-state index in [4.69, 9.17) is 0 Å². The van der Waals surface area contributed by atoms with Crippen molar-refractivity contribution in [3.63, 3.8) is 0 Å². The lowest BCUT2D eigenvalue weighted by molar-refractivity contribution is -0.119. The van der Waals surface area contributed by atoms with Crippen LogP contribution in [0.5, 0.6) is 0 Å². The zero-order valence-corrected chi connectivity index (χ0v) is 15.2. The van der Waals surface area contributed by atoms with Gasteiger partial charge in [-0.1, -0.05) is 22.0 Å². The highest BCUT2D eigenvalue weighted by atomic mass is 79.9. The number of carbonyl (C=O) groups excluding carboxylic acids is 2. The second kappa shape index (κ2) is 5.94. The zero-order valence-electron chi connectivity index (χ0n) is 13.7. The number of fused-ring (bicyclic) bond motifs is 1. The standard InChI is InChI=1S/C18H18BrN3O2/c1-10-4-5-12(9-14(10)19)21-17(24)20-11-6-7-15-13(8-11)18(2,3)16(23)22-15/h4-9H,1-3H3,(H,22,23)(H2,20,21,24). The van der Waals surface area contributed by atoms with Gasteiger partial charge in [0.15, 0.2) is 0 Å². The van der Waals surface area contributed by atoms with Crippen molar-refractivity contribution in [1.29, 1.82) is 0 Å². The molecule has 0 aromatic heterocycles. The Balaban J connectivity index is 1.75. The number of benzene rings is 2. The summed E-state index contributed by atoms with van der Waals surface area (Å²) in [5.74, 6) is -0.0383. The molecule has 5 nitrogen and oxygen atoms in total. The summed E-state index contributed by atoms with van der Waals surface area (Å²) in [6, 6.07) is 10.7. The first-order valence-electron chi connectivity index (χ1n) is 7.57. The van der Waals surface area contributed by atoms with Crippen molar-refractivity contribution < 1.29 is 9.59 Å². The normalized spacial score (nSPS) is 14.8. The first-order chi connectivity index (χ1) is 11.3. The van der Waals surface area contributed by atoms with Gasteiger partial charge in [-0.2, -0.15) is 0 Å². The molecule has 124 valence electrons. The SMILES string of the molecule is Cc1ccc(NC(=O)Nc2ccc3c(c2)C(C)(C)C(=O)N3)cc1Br. The van der Waals surface area contributed by atoms with Crippen molar-refractivity contribution in [2.75, 3.05) is 16.0 Å². The van der Waals surface area contributed by atoms with E-state index < -0.39 is 5.41 Å². The molecule has 1 aliphatic heterocycles. The van der Waals surface area contributed by atoms with Gasteiger partial charge in [-0.05, 0) is 62.2 Å². The third-order valence-electron chi connectivity index (χ3n) is 4.20. The largest absolute Gasteiger partial charge is 0.325 e. The molecule has 2 aromatic carbocycles. The topological polar surface area (TPSA) is 70.2 Å². The van der Waals surface area contributed by atoms with Gasteiger partial charge in [0.05, 0.1) is 5.41 Å². The molecule has 1 heterocycles. The first-order valence-corrected chi connectivity index (χ1v) is 8.37. The number of amides is 3. The van der Waals surface area contributed by atoms with Crippen LogP contribution in [0.25, 0.3) is 0 Å². The molecule has 0 saturated heterocycles. The number of rotatable bonds is 2. The number of anilines is 3. The molecule has 0 atom stereocenters. The van der Waals surface area contributed by atoms with Gasteiger partial charge in [-0.25, -0.2) is 4.79 Å². The van der Waals surface area contributed by atoms with Gasteiger partial charge < -0.3 is 16.0 Å². The molecule has 0 bridgehead atoms. The van der Waals surface area contributed by atoms with Gasteiger partial charge >= 0.3 is 6.03 Å². The molecule has 24 heavy (non-hydrogen) atoms. The summed E-state index contributed by atoms with van der Waals surface area (Å²) in [7, 11) is 0. The van der Waals surface area contributed by atoms with E-state index >= 15 is 0 Å². The Labute approximate surface area is 149 Å². The first kappa shape index (κ1) is 16.5. The molecule has 0 spiro atoms. The molecule has 0 unspecified atom stereocenters. The summed E-state index contributed by atoms with van der Waals surface area (Å²) in [5, 5.41) is 8.44. The van der Waals surface area contributed by atoms with E-state index in [2.05, 4.69) is 31.9 Å². The van der Waals surface area contributed by atoms with Crippen LogP contribution in [-0.2, 0) is 10.2 Å². The predicted molar refractivity (Wildman–Crippen MR) is 99.6 cm³/mol. The van der Waals surface area contributed by atoms with Crippen LogP contribution < -0.4 is 16.0 Å².